The molecule has 6 nitrogen and oxygen atoms in total. The first-order valence-electron chi connectivity index (χ1n) is 10.2. The summed E-state index contributed by atoms with van der Waals surface area (Å²) < 4.78 is 5.22. The molecule has 0 N–H and O–H groups in total. The summed E-state index contributed by atoms with van der Waals surface area (Å²) in [6, 6.07) is 18.6. The summed E-state index contributed by atoms with van der Waals surface area (Å²) in [5.41, 5.74) is 1.80. The van der Waals surface area contributed by atoms with Crippen molar-refractivity contribution in [3.05, 3.63) is 94.5 Å². The highest BCUT2D eigenvalue weighted by molar-refractivity contribution is 6.49. The Morgan fingerprint density at radius 1 is 0.848 bits per heavy atom. The normalized spacial score (nSPS) is 17.8. The Hall–Kier alpha value is -3.77. The number of anilines is 1. The third kappa shape index (κ3) is 4.17. The summed E-state index contributed by atoms with van der Waals surface area (Å²) in [7, 11) is 1.54. The van der Waals surface area contributed by atoms with E-state index in [4.69, 9.17) is 16.3 Å². The Bertz CT molecular complexity index is 1230. The van der Waals surface area contributed by atoms with Crippen molar-refractivity contribution in [3.63, 3.8) is 0 Å². The second-order valence-corrected chi connectivity index (χ2v) is 8.15. The van der Waals surface area contributed by atoms with Crippen LogP contribution < -0.4 is 9.64 Å². The lowest BCUT2D eigenvalue weighted by atomic mass is 9.86. The highest BCUT2D eigenvalue weighted by atomic mass is 35.5. The summed E-state index contributed by atoms with van der Waals surface area (Å²) in [6.07, 6.45) is 0. The van der Waals surface area contributed by atoms with Crippen molar-refractivity contribution >= 4 is 40.5 Å². The summed E-state index contributed by atoms with van der Waals surface area (Å²) in [5.74, 6) is -2.78. The minimum Gasteiger partial charge on any atom is -0.497 e. The largest absolute Gasteiger partial charge is 0.497 e. The summed E-state index contributed by atoms with van der Waals surface area (Å²) in [4.78, 5) is 52.7. The van der Waals surface area contributed by atoms with Crippen LogP contribution >= 0.6 is 11.6 Å². The van der Waals surface area contributed by atoms with Gasteiger partial charge < -0.3 is 4.74 Å². The fourth-order valence-electron chi connectivity index (χ4n) is 4.00. The lowest BCUT2D eigenvalue weighted by Crippen LogP contribution is -2.30. The number of ketones is 3. The van der Waals surface area contributed by atoms with Gasteiger partial charge in [0, 0.05) is 21.8 Å². The molecular formula is C26H20ClNO5. The average Bonchev–Trinajstić information content (AvgIpc) is 3.09. The number of nitrogens with zero attached hydrogens (tertiary/aromatic N) is 1. The average molecular weight is 462 g/mol. The van der Waals surface area contributed by atoms with Gasteiger partial charge in [0.05, 0.1) is 13.2 Å². The lowest BCUT2D eigenvalue weighted by molar-refractivity contribution is -0.135. The lowest BCUT2D eigenvalue weighted by Gasteiger charge is -2.27. The number of hydrogen-bond acceptors (Lipinski definition) is 5. The number of amides is 1. The maximum atomic E-state index is 13.4. The first-order chi connectivity index (χ1) is 15.8. The highest BCUT2D eigenvalue weighted by Crippen LogP contribution is 2.41. The molecule has 0 bridgehead atoms. The Labute approximate surface area is 195 Å². The molecule has 1 fully saturated rings. The fourth-order valence-corrected chi connectivity index (χ4v) is 4.13. The van der Waals surface area contributed by atoms with Crippen LogP contribution in [0.3, 0.4) is 0 Å². The molecule has 3 aromatic rings. The Morgan fingerprint density at radius 2 is 1.42 bits per heavy atom. The summed E-state index contributed by atoms with van der Waals surface area (Å²) in [6.45, 7) is 1.44. The van der Waals surface area contributed by atoms with Gasteiger partial charge in [-0.15, -0.1) is 0 Å². The van der Waals surface area contributed by atoms with Crippen LogP contribution in [0.4, 0.5) is 5.69 Å². The maximum absolute atomic E-state index is 13.4. The molecule has 2 atom stereocenters. The maximum Gasteiger partial charge on any atom is 0.295 e. The highest BCUT2D eigenvalue weighted by Gasteiger charge is 2.52. The molecule has 0 aliphatic carbocycles. The molecule has 0 aromatic heterocycles. The second-order valence-electron chi connectivity index (χ2n) is 7.71. The van der Waals surface area contributed by atoms with E-state index in [1.807, 2.05) is 0 Å². The van der Waals surface area contributed by atoms with Crippen LogP contribution in [0.25, 0.3) is 0 Å². The van der Waals surface area contributed by atoms with E-state index >= 15 is 0 Å². The predicted molar refractivity (Wildman–Crippen MR) is 124 cm³/mol. The van der Waals surface area contributed by atoms with Gasteiger partial charge in [-0.1, -0.05) is 23.7 Å². The monoisotopic (exact) mass is 461 g/mol. The molecule has 166 valence electrons. The molecule has 1 saturated heterocycles. The number of rotatable bonds is 6. The topological polar surface area (TPSA) is 80.8 Å². The molecule has 4 rings (SSSR count). The quantitative estimate of drug-likeness (QED) is 0.302. The molecule has 1 aliphatic rings. The number of carbonyl (C=O) groups is 4. The van der Waals surface area contributed by atoms with Crippen LogP contribution in [-0.2, 0) is 9.59 Å². The third-order valence-corrected chi connectivity index (χ3v) is 5.98. The molecule has 2 unspecified atom stereocenters. The zero-order chi connectivity index (χ0) is 23.7. The van der Waals surface area contributed by atoms with Gasteiger partial charge in [0.1, 0.15) is 11.7 Å². The minimum atomic E-state index is -1.24. The summed E-state index contributed by atoms with van der Waals surface area (Å²) in [5, 5.41) is 0.458. The van der Waals surface area contributed by atoms with E-state index in [2.05, 4.69) is 0 Å². The van der Waals surface area contributed by atoms with Gasteiger partial charge >= 0.3 is 0 Å². The van der Waals surface area contributed by atoms with Crippen LogP contribution in [0, 0.1) is 5.92 Å². The molecule has 7 heteroatoms. The number of Topliss-reactive ketones (excluding diaryl/α,β-unsaturated/α-hetero) is 3. The SMILES string of the molecule is COc1ccc(C2C(C(=O)c3ccc(Cl)cc3)C(=O)C(=O)N2c2ccc(C(C)=O)cc2)cc1. The van der Waals surface area contributed by atoms with E-state index < -0.39 is 29.4 Å². The van der Waals surface area contributed by atoms with Crippen molar-refractivity contribution in [2.75, 3.05) is 12.0 Å². The van der Waals surface area contributed by atoms with Crippen molar-refractivity contribution in [2.45, 2.75) is 13.0 Å². The molecule has 0 spiro atoms. The predicted octanol–water partition coefficient (Wildman–Crippen LogP) is 4.71. The number of carbonyl (C=O) groups excluding carboxylic acids is 4. The van der Waals surface area contributed by atoms with Crippen molar-refractivity contribution in [1.82, 2.24) is 0 Å². The van der Waals surface area contributed by atoms with E-state index in [1.54, 1.807) is 60.7 Å². The number of ether oxygens (including phenoxy) is 1. The van der Waals surface area contributed by atoms with E-state index in [0.717, 1.165) is 0 Å². The number of benzene rings is 3. The number of hydrogen-bond donors (Lipinski definition) is 0. The Morgan fingerprint density at radius 3 is 1.97 bits per heavy atom. The standard InChI is InChI=1S/C26H20ClNO5/c1-15(29)16-5-11-20(12-6-16)28-23(17-7-13-21(33-2)14-8-17)22(25(31)26(28)32)24(30)18-3-9-19(27)10-4-18/h3-14,22-23H,1-2H3. The van der Waals surface area contributed by atoms with Crippen LogP contribution in [0.15, 0.2) is 72.8 Å². The molecule has 3 aromatic carbocycles. The van der Waals surface area contributed by atoms with Crippen LogP contribution in [0.2, 0.25) is 5.02 Å². The first kappa shape index (κ1) is 22.4. The van der Waals surface area contributed by atoms with Gasteiger partial charge in [-0.25, -0.2) is 0 Å². The Kier molecular flexibility index (Phi) is 6.11. The third-order valence-electron chi connectivity index (χ3n) is 5.73. The first-order valence-corrected chi connectivity index (χ1v) is 10.6. The zero-order valence-electron chi connectivity index (χ0n) is 17.9. The fraction of sp³-hybridized carbons (Fsp3) is 0.154. The Balaban J connectivity index is 1.83. The van der Waals surface area contributed by atoms with Gasteiger partial charge in [-0.3, -0.25) is 24.1 Å². The molecule has 33 heavy (non-hydrogen) atoms. The minimum absolute atomic E-state index is 0.118. The number of methoxy groups -OCH3 is 1. The van der Waals surface area contributed by atoms with E-state index in [0.29, 0.717) is 27.6 Å². The molecule has 1 aliphatic heterocycles. The smallest absolute Gasteiger partial charge is 0.295 e. The van der Waals surface area contributed by atoms with Gasteiger partial charge in [0.15, 0.2) is 11.6 Å². The van der Waals surface area contributed by atoms with Gasteiger partial charge in [0.2, 0.25) is 5.78 Å². The van der Waals surface area contributed by atoms with Crippen molar-refractivity contribution in [1.29, 1.82) is 0 Å². The molecule has 1 amide bonds. The molecular weight excluding hydrogens is 442 g/mol. The molecule has 0 radical (unpaired) electrons. The van der Waals surface area contributed by atoms with E-state index in [1.165, 1.54) is 31.1 Å². The van der Waals surface area contributed by atoms with E-state index in [9.17, 15) is 19.2 Å². The van der Waals surface area contributed by atoms with Crippen molar-refractivity contribution < 1.29 is 23.9 Å². The summed E-state index contributed by atoms with van der Waals surface area (Å²) >= 11 is 5.94. The molecule has 1 heterocycles. The van der Waals surface area contributed by atoms with Crippen molar-refractivity contribution in [3.8, 4) is 5.75 Å². The second kappa shape index (κ2) is 9.00. The van der Waals surface area contributed by atoms with Crippen molar-refractivity contribution in [2.24, 2.45) is 5.92 Å². The van der Waals surface area contributed by atoms with Gasteiger partial charge in [0.25, 0.3) is 5.91 Å². The zero-order valence-corrected chi connectivity index (χ0v) is 18.7. The van der Waals surface area contributed by atoms with Gasteiger partial charge in [-0.2, -0.15) is 0 Å². The molecule has 0 saturated carbocycles. The van der Waals surface area contributed by atoms with Gasteiger partial charge in [-0.05, 0) is 73.2 Å². The van der Waals surface area contributed by atoms with Crippen LogP contribution in [0.1, 0.15) is 39.2 Å². The van der Waals surface area contributed by atoms with E-state index in [-0.39, 0.29) is 11.3 Å². The van der Waals surface area contributed by atoms with Crippen LogP contribution in [-0.4, -0.2) is 30.4 Å². The van der Waals surface area contributed by atoms with Crippen LogP contribution in [0.5, 0.6) is 5.75 Å². The number of halogens is 1.